The summed E-state index contributed by atoms with van der Waals surface area (Å²) in [5.74, 6) is 1.57. The number of aryl methyl sites for hydroxylation is 1. The van der Waals surface area contributed by atoms with E-state index in [9.17, 15) is 14.7 Å². The zero-order valence-corrected chi connectivity index (χ0v) is 35.5. The number of esters is 2. The fourth-order valence-electron chi connectivity index (χ4n) is 11.9. The van der Waals surface area contributed by atoms with E-state index in [0.29, 0.717) is 71.4 Å². The topological polar surface area (TPSA) is 170 Å². The molecular weight excluding hydrogens is 787 g/mol. The smallest absolute Gasteiger partial charge is 0.329 e. The van der Waals surface area contributed by atoms with Crippen molar-refractivity contribution in [2.45, 2.75) is 94.0 Å². The van der Waals surface area contributed by atoms with Gasteiger partial charge in [-0.05, 0) is 86.7 Å². The number of aromatic nitrogens is 1. The lowest BCUT2D eigenvalue weighted by molar-refractivity contribution is -0.153. The summed E-state index contributed by atoms with van der Waals surface area (Å²) >= 11 is 1.30. The maximum atomic E-state index is 14.7. The number of benzene rings is 3. The molecule has 8 atom stereocenters. The van der Waals surface area contributed by atoms with Crippen molar-refractivity contribution in [3.63, 3.8) is 0 Å². The largest absolute Gasteiger partial charge is 0.504 e. The predicted molar refractivity (Wildman–Crippen MR) is 224 cm³/mol. The van der Waals surface area contributed by atoms with Gasteiger partial charge in [0.05, 0.1) is 31.6 Å². The van der Waals surface area contributed by atoms with Crippen LogP contribution in [-0.2, 0) is 26.3 Å². The molecule has 314 valence electrons. The summed E-state index contributed by atoms with van der Waals surface area (Å²) < 4.78 is 36.5. The molecule has 0 aliphatic carbocycles. The van der Waals surface area contributed by atoms with Crippen molar-refractivity contribution in [3.05, 3.63) is 68.9 Å². The first-order chi connectivity index (χ1) is 28.8. The van der Waals surface area contributed by atoms with E-state index in [-0.39, 0.29) is 31.2 Å². The van der Waals surface area contributed by atoms with E-state index in [0.717, 1.165) is 38.9 Å². The van der Waals surface area contributed by atoms with E-state index >= 15 is 0 Å². The van der Waals surface area contributed by atoms with Gasteiger partial charge in [-0.3, -0.25) is 19.9 Å². The van der Waals surface area contributed by atoms with Crippen molar-refractivity contribution in [2.24, 2.45) is 5.73 Å². The van der Waals surface area contributed by atoms with Crippen LogP contribution in [0.3, 0.4) is 0 Å². The van der Waals surface area contributed by atoms with Gasteiger partial charge in [0.2, 0.25) is 6.79 Å². The molecule has 0 radical (unpaired) electrons. The summed E-state index contributed by atoms with van der Waals surface area (Å²) in [6, 6.07) is 5.53. The summed E-state index contributed by atoms with van der Waals surface area (Å²) in [5.41, 5.74) is 12.6. The van der Waals surface area contributed by atoms with Gasteiger partial charge in [0.25, 0.3) is 0 Å². The van der Waals surface area contributed by atoms with Crippen LogP contribution in [0.25, 0.3) is 10.9 Å². The van der Waals surface area contributed by atoms with Crippen LogP contribution in [0.5, 0.6) is 34.5 Å². The highest BCUT2D eigenvalue weighted by Crippen LogP contribution is 2.71. The molecule has 15 heteroatoms. The number of nitrogens with one attached hydrogen (secondary N) is 2. The molecule has 60 heavy (non-hydrogen) atoms. The number of terminal acetylenes is 1. The highest BCUT2D eigenvalue weighted by Gasteiger charge is 2.70. The van der Waals surface area contributed by atoms with Gasteiger partial charge in [0.15, 0.2) is 23.0 Å². The molecule has 3 aromatic carbocycles. The molecule has 2 saturated heterocycles. The Kier molecular flexibility index (Phi) is 8.92. The highest BCUT2D eigenvalue weighted by molar-refractivity contribution is 8.04. The third-order valence-corrected chi connectivity index (χ3v) is 14.9. The zero-order valence-electron chi connectivity index (χ0n) is 34.7. The Balaban J connectivity index is 1.15. The number of nitrogens with zero attached hydrogens (tertiary/aromatic N) is 2. The molecule has 2 unspecified atom stereocenters. The molecule has 0 saturated carbocycles. The number of H-pyrrole nitrogens is 1. The number of hydrogen-bond donors (Lipinski definition) is 4. The Morgan fingerprint density at radius 2 is 1.88 bits per heavy atom. The minimum atomic E-state index is -0.836. The maximum Gasteiger partial charge on any atom is 0.329 e. The monoisotopic (exact) mass is 835 g/mol. The first-order valence-corrected chi connectivity index (χ1v) is 21.2. The molecule has 1 aromatic heterocycles. The summed E-state index contributed by atoms with van der Waals surface area (Å²) in [7, 11) is 3.20. The van der Waals surface area contributed by atoms with Gasteiger partial charge in [-0.1, -0.05) is 11.8 Å². The number of thioether (sulfide) groups is 1. The average Bonchev–Trinajstić information content (AvgIpc) is 3.96. The highest BCUT2D eigenvalue weighted by atomic mass is 32.2. The number of fused-ring (bicyclic) bond motifs is 13. The Hall–Kier alpha value is -5.11. The SMILES string of the molecule is C#CS[C@@H]1c2c(OC(C)=O)c(C)c3c(c2[C@H](COC(=O)[C@@H]2N[C@@H](CN)Cc4c2[nH]c2ccc(OC)cc42)N2[C@@H]1[C@H]1c4c(cc(C)c(OC)c4O)C4(C)CC2(C)CN14)OCO3. The minimum Gasteiger partial charge on any atom is -0.504 e. The third kappa shape index (κ3) is 5.24. The van der Waals surface area contributed by atoms with Crippen molar-refractivity contribution in [1.29, 1.82) is 0 Å². The van der Waals surface area contributed by atoms with Gasteiger partial charge in [-0.25, -0.2) is 4.79 Å². The van der Waals surface area contributed by atoms with Crippen LogP contribution in [0.4, 0.5) is 0 Å². The number of aromatic amines is 1. The summed E-state index contributed by atoms with van der Waals surface area (Å²) in [5, 5.41) is 19.0. The number of nitrogens with two attached hydrogens (primary N) is 1. The molecular formula is C45H49N5O9S. The number of methoxy groups -OCH3 is 2. The number of carbonyl (C=O) groups excluding carboxylic acids is 2. The normalized spacial score (nSPS) is 29.3. The number of phenolic OH excluding ortho intramolecular Hbond substituents is 1. The van der Waals surface area contributed by atoms with Gasteiger partial charge in [0, 0.05) is 82.0 Å². The second-order valence-corrected chi connectivity index (χ2v) is 18.3. The first-order valence-electron chi connectivity index (χ1n) is 20.3. The molecule has 7 heterocycles. The molecule has 0 amide bonds. The lowest BCUT2D eigenvalue weighted by Gasteiger charge is -2.59. The van der Waals surface area contributed by atoms with Gasteiger partial charge in [0.1, 0.15) is 24.1 Å². The van der Waals surface area contributed by atoms with Crippen LogP contribution in [0, 0.1) is 25.5 Å². The summed E-state index contributed by atoms with van der Waals surface area (Å²) in [4.78, 5) is 36.1. The molecule has 5 N–H and O–H groups in total. The number of piperazine rings is 1. The van der Waals surface area contributed by atoms with E-state index in [1.165, 1.54) is 18.7 Å². The number of rotatable bonds is 8. The fourth-order valence-corrected chi connectivity index (χ4v) is 12.8. The van der Waals surface area contributed by atoms with E-state index < -0.39 is 46.4 Å². The number of hydrogen-bond acceptors (Lipinski definition) is 14. The molecule has 0 spiro atoms. The Labute approximate surface area is 352 Å². The van der Waals surface area contributed by atoms with Crippen molar-refractivity contribution in [1.82, 2.24) is 20.1 Å². The van der Waals surface area contributed by atoms with Gasteiger partial charge < -0.3 is 44.2 Å². The standard InChI is InChI=1S/C45H49N5O9S/c1-9-60-42-32-31(41-40(57-19-58-41)21(3)39(32)59-22(4)51)29(16-56-43(53)34-33-26(13-23(15-46)47-34)25-14-24(54-7)10-11-28(25)48-33)50-36(42)35-30-27(12-20(2)38(55-8)37(30)52)45(6)17-44(50,5)18-49(35)45/h1,10-12,14,23,29,34-36,42,47-48,52H,13,15-19,46H2,2-8H3/t23-,29+,34-,35-,36-,42-,44?,45?/m1/s1. The van der Waals surface area contributed by atoms with Crippen LogP contribution in [0.2, 0.25) is 0 Å². The van der Waals surface area contributed by atoms with Crippen molar-refractivity contribution in [3.8, 4) is 46.2 Å². The Bertz CT molecular complexity index is 2570. The number of aromatic hydroxyl groups is 1. The second kappa shape index (κ2) is 13.7. The number of carbonyl (C=O) groups is 2. The number of ether oxygens (including phenoxy) is 6. The maximum absolute atomic E-state index is 14.7. The van der Waals surface area contributed by atoms with Crippen molar-refractivity contribution >= 4 is 34.6 Å². The average molecular weight is 836 g/mol. The second-order valence-electron chi connectivity index (χ2n) is 17.4. The van der Waals surface area contributed by atoms with E-state index in [4.69, 9.17) is 40.6 Å². The van der Waals surface area contributed by atoms with Crippen LogP contribution < -0.4 is 34.7 Å². The van der Waals surface area contributed by atoms with E-state index in [1.54, 1.807) is 14.2 Å². The molecule has 10 rings (SSSR count). The third-order valence-electron chi connectivity index (χ3n) is 14.0. The quantitative estimate of drug-likeness (QED) is 0.100. The fraction of sp³-hybridized carbons (Fsp3) is 0.467. The lowest BCUT2D eigenvalue weighted by atomic mass is 9.73. The van der Waals surface area contributed by atoms with Gasteiger partial charge in [-0.15, -0.1) is 6.42 Å². The lowest BCUT2D eigenvalue weighted by Crippen LogP contribution is -2.65. The minimum absolute atomic E-state index is 0.0401. The van der Waals surface area contributed by atoms with Crippen molar-refractivity contribution < 1.29 is 43.1 Å². The zero-order chi connectivity index (χ0) is 42.2. The predicted octanol–water partition coefficient (Wildman–Crippen LogP) is 5.46. The van der Waals surface area contributed by atoms with Crippen LogP contribution in [0.15, 0.2) is 24.3 Å². The van der Waals surface area contributed by atoms with Crippen molar-refractivity contribution in [2.75, 3.05) is 40.7 Å². The molecule has 14 nitrogen and oxygen atoms in total. The van der Waals surface area contributed by atoms with Gasteiger partial charge >= 0.3 is 11.9 Å². The Morgan fingerprint density at radius 3 is 2.60 bits per heavy atom. The molecule has 6 aliphatic heterocycles. The van der Waals surface area contributed by atoms with Crippen LogP contribution in [-0.4, -0.2) is 90.2 Å². The van der Waals surface area contributed by atoms with E-state index in [1.807, 2.05) is 32.0 Å². The first kappa shape index (κ1) is 39.1. The molecule has 4 aromatic rings. The van der Waals surface area contributed by atoms with Crippen LogP contribution >= 0.6 is 11.8 Å². The Morgan fingerprint density at radius 1 is 1.10 bits per heavy atom. The summed E-state index contributed by atoms with van der Waals surface area (Å²) in [6.07, 6.45) is 7.57. The molecule has 6 aliphatic rings. The molecule has 2 bridgehead atoms. The van der Waals surface area contributed by atoms with Gasteiger partial charge in [-0.2, -0.15) is 0 Å². The van der Waals surface area contributed by atoms with Crippen LogP contribution in [0.1, 0.15) is 95.2 Å². The summed E-state index contributed by atoms with van der Waals surface area (Å²) in [6.45, 7) is 10.5. The van der Waals surface area contributed by atoms with E-state index in [2.05, 4.69) is 45.3 Å². The molecule has 2 fully saturated rings. The number of phenols is 1.